The van der Waals surface area contributed by atoms with Gasteiger partial charge in [0, 0.05) is 17.5 Å². The molecule has 8 heteroatoms. The number of rotatable bonds is 6. The monoisotopic (exact) mass is 386 g/mol. The van der Waals surface area contributed by atoms with Gasteiger partial charge in [-0.15, -0.1) is 0 Å². The Kier molecular flexibility index (Phi) is 5.38. The summed E-state index contributed by atoms with van der Waals surface area (Å²) in [6, 6.07) is 15.5. The van der Waals surface area contributed by atoms with Crippen LogP contribution in [-0.4, -0.2) is 26.5 Å². The molecule has 140 valence electrons. The molecule has 0 spiro atoms. The van der Waals surface area contributed by atoms with E-state index in [1.54, 1.807) is 18.2 Å². The molecule has 0 unspecified atom stereocenters. The van der Waals surface area contributed by atoms with E-state index in [-0.39, 0.29) is 29.5 Å². The molecule has 0 saturated heterocycles. The van der Waals surface area contributed by atoms with Crippen molar-refractivity contribution in [1.82, 2.24) is 4.98 Å². The lowest BCUT2D eigenvalue weighted by Gasteiger charge is -2.06. The number of carbonyl (C=O) groups excluding carboxylic acids is 1. The molecule has 27 heavy (non-hydrogen) atoms. The molecule has 0 aliphatic carbocycles. The zero-order chi connectivity index (χ0) is 19.4. The van der Waals surface area contributed by atoms with E-state index in [1.165, 1.54) is 13.2 Å². The van der Waals surface area contributed by atoms with Crippen molar-refractivity contribution in [2.75, 3.05) is 7.11 Å². The Morgan fingerprint density at radius 2 is 1.78 bits per heavy atom. The van der Waals surface area contributed by atoms with Gasteiger partial charge < -0.3 is 9.15 Å². The number of carbonyl (C=O) groups is 1. The number of hydrogen-bond acceptors (Lipinski definition) is 6. The Morgan fingerprint density at radius 3 is 2.44 bits per heavy atom. The number of methoxy groups -OCH3 is 1. The average Bonchev–Trinajstić information content (AvgIpc) is 3.10. The van der Waals surface area contributed by atoms with E-state index >= 15 is 0 Å². The van der Waals surface area contributed by atoms with Crippen LogP contribution in [0.2, 0.25) is 0 Å². The van der Waals surface area contributed by atoms with Crippen LogP contribution in [0.25, 0.3) is 22.6 Å². The van der Waals surface area contributed by atoms with Crippen molar-refractivity contribution in [3.63, 3.8) is 0 Å². The molecule has 3 rings (SSSR count). The summed E-state index contributed by atoms with van der Waals surface area (Å²) in [6.07, 6.45) is 0.325. The number of benzene rings is 2. The molecule has 7 nitrogen and oxygen atoms in total. The van der Waals surface area contributed by atoms with E-state index in [0.29, 0.717) is 17.1 Å². The zero-order valence-electron chi connectivity index (χ0n) is 14.6. The molecular weight excluding hydrogens is 368 g/mol. The standard InChI is InChI=1S/C19H18N2O5S/c1-25-17(22)12-11-16-21-18(13-7-3-2-4-8-13)19(26-16)14-9-5-6-10-15(14)27(20,23)24/h2-10H,11-12H2,1H3,(H2,20,23,24). The quantitative estimate of drug-likeness (QED) is 0.652. The predicted molar refractivity (Wildman–Crippen MR) is 99.1 cm³/mol. The fraction of sp³-hybridized carbons (Fsp3) is 0.158. The van der Waals surface area contributed by atoms with E-state index in [1.807, 2.05) is 30.3 Å². The summed E-state index contributed by atoms with van der Waals surface area (Å²) in [5, 5.41) is 5.36. The van der Waals surface area contributed by atoms with Crippen molar-refractivity contribution in [3.05, 3.63) is 60.5 Å². The first-order valence-corrected chi connectivity index (χ1v) is 9.69. The Bertz CT molecular complexity index is 1060. The van der Waals surface area contributed by atoms with Crippen molar-refractivity contribution in [1.29, 1.82) is 0 Å². The molecule has 2 N–H and O–H groups in total. The van der Waals surface area contributed by atoms with Crippen molar-refractivity contribution in [3.8, 4) is 22.6 Å². The number of primary sulfonamides is 1. The molecule has 0 atom stereocenters. The number of ether oxygens (including phenoxy) is 1. The van der Waals surface area contributed by atoms with Crippen molar-refractivity contribution in [2.24, 2.45) is 5.14 Å². The molecule has 0 amide bonds. The summed E-state index contributed by atoms with van der Waals surface area (Å²) >= 11 is 0. The number of nitrogens with zero attached hydrogens (tertiary/aromatic N) is 1. The summed E-state index contributed by atoms with van der Waals surface area (Å²) in [5.74, 6) is 0.199. The lowest BCUT2D eigenvalue weighted by Crippen LogP contribution is -2.13. The zero-order valence-corrected chi connectivity index (χ0v) is 15.4. The first-order valence-electron chi connectivity index (χ1n) is 8.14. The smallest absolute Gasteiger partial charge is 0.306 e. The highest BCUT2D eigenvalue weighted by Crippen LogP contribution is 2.36. The Morgan fingerprint density at radius 1 is 1.11 bits per heavy atom. The predicted octanol–water partition coefficient (Wildman–Crippen LogP) is 2.76. The van der Waals surface area contributed by atoms with Crippen LogP contribution in [0.3, 0.4) is 0 Å². The Hall–Kier alpha value is -2.97. The molecule has 0 saturated carbocycles. The molecule has 0 aliphatic rings. The minimum Gasteiger partial charge on any atom is -0.469 e. The van der Waals surface area contributed by atoms with Crippen LogP contribution in [-0.2, 0) is 26.0 Å². The minimum absolute atomic E-state index is 0.0575. The van der Waals surface area contributed by atoms with Crippen LogP contribution in [0, 0.1) is 0 Å². The SMILES string of the molecule is COC(=O)CCc1nc(-c2ccccc2)c(-c2ccccc2S(N)(=O)=O)o1. The molecule has 2 aromatic carbocycles. The fourth-order valence-electron chi connectivity index (χ4n) is 2.66. The maximum absolute atomic E-state index is 12.0. The molecule has 1 aromatic heterocycles. The van der Waals surface area contributed by atoms with Gasteiger partial charge in [-0.05, 0) is 12.1 Å². The summed E-state index contributed by atoms with van der Waals surface area (Å²) in [7, 11) is -2.66. The van der Waals surface area contributed by atoms with E-state index < -0.39 is 10.0 Å². The van der Waals surface area contributed by atoms with Crippen LogP contribution in [0.15, 0.2) is 63.9 Å². The first-order chi connectivity index (χ1) is 12.9. The average molecular weight is 386 g/mol. The highest BCUT2D eigenvalue weighted by molar-refractivity contribution is 7.89. The van der Waals surface area contributed by atoms with Gasteiger partial charge in [-0.1, -0.05) is 42.5 Å². The number of oxazole rings is 1. The molecule has 0 bridgehead atoms. The van der Waals surface area contributed by atoms with Crippen LogP contribution in [0.5, 0.6) is 0 Å². The van der Waals surface area contributed by atoms with Crippen molar-refractivity contribution >= 4 is 16.0 Å². The fourth-order valence-corrected chi connectivity index (χ4v) is 3.39. The van der Waals surface area contributed by atoms with Gasteiger partial charge in [-0.2, -0.15) is 0 Å². The second-order valence-corrected chi connectivity index (χ2v) is 7.30. The third-order valence-corrected chi connectivity index (χ3v) is 4.90. The van der Waals surface area contributed by atoms with Gasteiger partial charge in [0.2, 0.25) is 10.0 Å². The summed E-state index contributed by atoms with van der Waals surface area (Å²) in [6.45, 7) is 0. The number of aromatic nitrogens is 1. The normalized spacial score (nSPS) is 11.3. The van der Waals surface area contributed by atoms with Crippen LogP contribution in [0.4, 0.5) is 0 Å². The summed E-state index contributed by atoms with van der Waals surface area (Å²) in [5.41, 5.74) is 1.55. The van der Waals surface area contributed by atoms with E-state index in [9.17, 15) is 13.2 Å². The van der Waals surface area contributed by atoms with Gasteiger partial charge in [0.05, 0.1) is 18.4 Å². The van der Waals surface area contributed by atoms with Gasteiger partial charge in [0.1, 0.15) is 5.69 Å². The first kappa shape index (κ1) is 18.8. The van der Waals surface area contributed by atoms with Gasteiger partial charge in [0.15, 0.2) is 11.7 Å². The largest absolute Gasteiger partial charge is 0.469 e. The van der Waals surface area contributed by atoms with Crippen LogP contribution < -0.4 is 5.14 Å². The van der Waals surface area contributed by atoms with Gasteiger partial charge >= 0.3 is 5.97 Å². The van der Waals surface area contributed by atoms with Gasteiger partial charge in [0.25, 0.3) is 0 Å². The summed E-state index contributed by atoms with van der Waals surface area (Å²) < 4.78 is 34.5. The van der Waals surface area contributed by atoms with Crippen molar-refractivity contribution < 1.29 is 22.4 Å². The molecule has 1 heterocycles. The summed E-state index contributed by atoms with van der Waals surface area (Å²) in [4.78, 5) is 15.8. The third kappa shape index (κ3) is 4.24. The van der Waals surface area contributed by atoms with E-state index in [0.717, 1.165) is 5.56 Å². The lowest BCUT2D eigenvalue weighted by atomic mass is 10.1. The number of sulfonamides is 1. The second-order valence-electron chi connectivity index (χ2n) is 5.77. The third-order valence-electron chi connectivity index (χ3n) is 3.93. The molecule has 0 aliphatic heterocycles. The van der Waals surface area contributed by atoms with Crippen molar-refractivity contribution in [2.45, 2.75) is 17.7 Å². The maximum Gasteiger partial charge on any atom is 0.306 e. The maximum atomic E-state index is 12.0. The van der Waals surface area contributed by atoms with E-state index in [4.69, 9.17) is 9.56 Å². The topological polar surface area (TPSA) is 112 Å². The number of aryl methyl sites for hydroxylation is 1. The molecule has 0 fully saturated rings. The number of nitrogens with two attached hydrogens (primary N) is 1. The Balaban J connectivity index is 2.14. The number of esters is 1. The highest BCUT2D eigenvalue weighted by Gasteiger charge is 2.23. The van der Waals surface area contributed by atoms with Gasteiger partial charge in [-0.25, -0.2) is 18.5 Å². The number of hydrogen-bond donors (Lipinski definition) is 1. The Labute approximate surface area is 156 Å². The molecule has 3 aromatic rings. The van der Waals surface area contributed by atoms with Crippen LogP contribution in [0.1, 0.15) is 12.3 Å². The highest BCUT2D eigenvalue weighted by atomic mass is 32.2. The minimum atomic E-state index is -3.96. The lowest BCUT2D eigenvalue weighted by molar-refractivity contribution is -0.140. The molecular formula is C19H18N2O5S. The molecule has 0 radical (unpaired) electrons. The second kappa shape index (κ2) is 7.73. The van der Waals surface area contributed by atoms with Crippen LogP contribution >= 0.6 is 0 Å². The van der Waals surface area contributed by atoms with Gasteiger partial charge in [-0.3, -0.25) is 4.79 Å². The van der Waals surface area contributed by atoms with E-state index in [2.05, 4.69) is 9.72 Å².